The summed E-state index contributed by atoms with van der Waals surface area (Å²) in [5.41, 5.74) is 6.30. The van der Waals surface area contributed by atoms with Crippen LogP contribution in [0.4, 0.5) is 11.5 Å². The fourth-order valence-electron chi connectivity index (χ4n) is 1.78. The molecule has 110 valence electrons. The lowest BCUT2D eigenvalue weighted by Gasteiger charge is -2.07. The molecule has 3 aromatic rings. The molecule has 2 aromatic heterocycles. The summed E-state index contributed by atoms with van der Waals surface area (Å²) in [7, 11) is 0. The molecule has 0 spiro atoms. The SMILES string of the molecule is O=C(NNc1ncnc2nc[nH]c12)c1ccc([N+](=O)[O-])cc1. The third kappa shape index (κ3) is 2.52. The molecule has 3 N–H and O–H groups in total. The first kappa shape index (κ1) is 13.4. The van der Waals surface area contributed by atoms with E-state index < -0.39 is 10.8 Å². The fourth-order valence-corrected chi connectivity index (χ4v) is 1.78. The third-order valence-electron chi connectivity index (χ3n) is 2.86. The smallest absolute Gasteiger partial charge is 0.269 e. The number of aromatic nitrogens is 4. The Bertz CT molecular complexity index is 843. The first-order valence-corrected chi connectivity index (χ1v) is 6.10. The molecule has 1 aromatic carbocycles. The average Bonchev–Trinajstić information content (AvgIpc) is 3.01. The highest BCUT2D eigenvalue weighted by atomic mass is 16.6. The number of non-ortho nitro benzene ring substituents is 1. The van der Waals surface area contributed by atoms with Gasteiger partial charge in [-0.1, -0.05) is 0 Å². The summed E-state index contributed by atoms with van der Waals surface area (Å²) in [6.07, 6.45) is 2.77. The lowest BCUT2D eigenvalue weighted by Crippen LogP contribution is -2.29. The van der Waals surface area contributed by atoms with Gasteiger partial charge in [0.25, 0.3) is 11.6 Å². The highest BCUT2D eigenvalue weighted by Gasteiger charge is 2.10. The number of hydrogen-bond acceptors (Lipinski definition) is 7. The van der Waals surface area contributed by atoms with Crippen LogP contribution in [0.2, 0.25) is 0 Å². The van der Waals surface area contributed by atoms with Gasteiger partial charge in [0.2, 0.25) is 0 Å². The number of carbonyl (C=O) groups is 1. The van der Waals surface area contributed by atoms with E-state index in [1.54, 1.807) is 0 Å². The lowest BCUT2D eigenvalue weighted by molar-refractivity contribution is -0.384. The molecule has 1 amide bonds. The van der Waals surface area contributed by atoms with Gasteiger partial charge in [-0.3, -0.25) is 25.8 Å². The number of fused-ring (bicyclic) bond motifs is 1. The fraction of sp³-hybridized carbons (Fsp3) is 0. The quantitative estimate of drug-likeness (QED) is 0.482. The van der Waals surface area contributed by atoms with E-state index in [-0.39, 0.29) is 11.3 Å². The Hall–Kier alpha value is -3.56. The number of hydrazine groups is 1. The third-order valence-corrected chi connectivity index (χ3v) is 2.86. The largest absolute Gasteiger partial charge is 0.340 e. The van der Waals surface area contributed by atoms with Gasteiger partial charge in [-0.05, 0) is 12.1 Å². The van der Waals surface area contributed by atoms with E-state index in [0.717, 1.165) is 0 Å². The first-order valence-electron chi connectivity index (χ1n) is 6.10. The van der Waals surface area contributed by atoms with Crippen molar-refractivity contribution in [2.75, 3.05) is 5.43 Å². The minimum atomic E-state index is -0.532. The summed E-state index contributed by atoms with van der Waals surface area (Å²) in [6.45, 7) is 0. The Morgan fingerprint density at radius 3 is 2.68 bits per heavy atom. The van der Waals surface area contributed by atoms with Gasteiger partial charge in [0, 0.05) is 17.7 Å². The molecule has 0 bridgehead atoms. The van der Waals surface area contributed by atoms with Crippen molar-refractivity contribution in [1.82, 2.24) is 25.4 Å². The zero-order chi connectivity index (χ0) is 15.5. The number of imidazole rings is 1. The predicted molar refractivity (Wildman–Crippen MR) is 75.9 cm³/mol. The number of nitrogens with one attached hydrogen (secondary N) is 3. The number of rotatable bonds is 4. The highest BCUT2D eigenvalue weighted by Crippen LogP contribution is 2.14. The number of aromatic amines is 1. The number of amides is 1. The summed E-state index contributed by atoms with van der Waals surface area (Å²) in [4.78, 5) is 36.7. The van der Waals surface area contributed by atoms with E-state index in [9.17, 15) is 14.9 Å². The minimum Gasteiger partial charge on any atom is -0.340 e. The molecule has 0 aliphatic heterocycles. The van der Waals surface area contributed by atoms with Crippen molar-refractivity contribution < 1.29 is 9.72 Å². The number of nitrogens with zero attached hydrogens (tertiary/aromatic N) is 4. The number of nitro groups is 1. The molecular formula is C12H9N7O3. The molecule has 22 heavy (non-hydrogen) atoms. The molecule has 0 fully saturated rings. The monoisotopic (exact) mass is 299 g/mol. The molecule has 0 radical (unpaired) electrons. The van der Waals surface area contributed by atoms with Crippen LogP contribution in [0.25, 0.3) is 11.2 Å². The van der Waals surface area contributed by atoms with Gasteiger partial charge in [0.05, 0.1) is 11.3 Å². The van der Waals surface area contributed by atoms with Crippen LogP contribution in [-0.4, -0.2) is 30.8 Å². The van der Waals surface area contributed by atoms with Crippen molar-refractivity contribution in [3.63, 3.8) is 0 Å². The van der Waals surface area contributed by atoms with Gasteiger partial charge < -0.3 is 4.98 Å². The topological polar surface area (TPSA) is 139 Å². The molecule has 0 saturated carbocycles. The highest BCUT2D eigenvalue weighted by molar-refractivity contribution is 5.95. The number of nitro benzene ring substituents is 1. The number of anilines is 1. The van der Waals surface area contributed by atoms with Crippen molar-refractivity contribution in [2.45, 2.75) is 0 Å². The number of H-pyrrole nitrogens is 1. The van der Waals surface area contributed by atoms with Crippen LogP contribution in [0.15, 0.2) is 36.9 Å². The van der Waals surface area contributed by atoms with Gasteiger partial charge in [-0.2, -0.15) is 0 Å². The maximum atomic E-state index is 12.0. The van der Waals surface area contributed by atoms with E-state index in [1.165, 1.54) is 36.9 Å². The Kier molecular flexibility index (Phi) is 3.32. The Morgan fingerprint density at radius 1 is 1.18 bits per heavy atom. The standard InChI is InChI=1S/C12H9N7O3/c20-12(7-1-3-8(4-2-7)19(21)22)18-17-11-9-10(14-5-13-9)15-6-16-11/h1-6H,(H,18,20)(H2,13,14,15,16,17). The van der Waals surface area contributed by atoms with Crippen molar-refractivity contribution in [3.05, 3.63) is 52.6 Å². The van der Waals surface area contributed by atoms with Crippen molar-refractivity contribution in [1.29, 1.82) is 0 Å². The van der Waals surface area contributed by atoms with E-state index in [4.69, 9.17) is 0 Å². The molecule has 0 aliphatic rings. The predicted octanol–water partition coefficient (Wildman–Crippen LogP) is 1.02. The molecule has 0 atom stereocenters. The summed E-state index contributed by atoms with van der Waals surface area (Å²) in [6, 6.07) is 5.24. The maximum absolute atomic E-state index is 12.0. The Labute approximate surface area is 122 Å². The van der Waals surface area contributed by atoms with E-state index in [0.29, 0.717) is 17.0 Å². The van der Waals surface area contributed by atoms with Crippen molar-refractivity contribution in [2.24, 2.45) is 0 Å². The zero-order valence-corrected chi connectivity index (χ0v) is 11.0. The van der Waals surface area contributed by atoms with Gasteiger partial charge >= 0.3 is 0 Å². The summed E-state index contributed by atoms with van der Waals surface area (Å²) >= 11 is 0. The molecule has 0 unspecified atom stereocenters. The second-order valence-electron chi connectivity index (χ2n) is 4.21. The van der Waals surface area contributed by atoms with Crippen LogP contribution in [0.1, 0.15) is 10.4 Å². The second kappa shape index (κ2) is 5.44. The van der Waals surface area contributed by atoms with Crippen molar-refractivity contribution >= 4 is 28.6 Å². The van der Waals surface area contributed by atoms with E-state index in [2.05, 4.69) is 30.8 Å². The maximum Gasteiger partial charge on any atom is 0.269 e. The number of hydrogen-bond donors (Lipinski definition) is 3. The van der Waals surface area contributed by atoms with Crippen LogP contribution in [0.5, 0.6) is 0 Å². The van der Waals surface area contributed by atoms with E-state index in [1.807, 2.05) is 0 Å². The molecule has 10 nitrogen and oxygen atoms in total. The molecule has 0 aliphatic carbocycles. The zero-order valence-electron chi connectivity index (χ0n) is 11.0. The molecular weight excluding hydrogens is 290 g/mol. The van der Waals surface area contributed by atoms with E-state index >= 15 is 0 Å². The van der Waals surface area contributed by atoms with Crippen molar-refractivity contribution in [3.8, 4) is 0 Å². The van der Waals surface area contributed by atoms with Crippen LogP contribution in [0, 0.1) is 10.1 Å². The Morgan fingerprint density at radius 2 is 1.95 bits per heavy atom. The van der Waals surface area contributed by atoms with Gasteiger partial charge in [0.15, 0.2) is 11.5 Å². The normalized spacial score (nSPS) is 10.4. The van der Waals surface area contributed by atoms with Crippen LogP contribution < -0.4 is 10.9 Å². The second-order valence-corrected chi connectivity index (χ2v) is 4.21. The van der Waals surface area contributed by atoms with Crippen LogP contribution >= 0.6 is 0 Å². The average molecular weight is 299 g/mol. The van der Waals surface area contributed by atoms with Gasteiger partial charge in [0.1, 0.15) is 11.8 Å². The lowest BCUT2D eigenvalue weighted by atomic mass is 10.2. The molecule has 2 heterocycles. The number of benzene rings is 1. The minimum absolute atomic E-state index is 0.0838. The van der Waals surface area contributed by atoms with Gasteiger partial charge in [-0.25, -0.2) is 15.0 Å². The first-order chi connectivity index (χ1) is 10.6. The van der Waals surface area contributed by atoms with Gasteiger partial charge in [-0.15, -0.1) is 0 Å². The molecule has 10 heteroatoms. The Balaban J connectivity index is 1.72. The molecule has 0 saturated heterocycles. The van der Waals surface area contributed by atoms with Crippen LogP contribution in [0.3, 0.4) is 0 Å². The van der Waals surface area contributed by atoms with Crippen LogP contribution in [-0.2, 0) is 0 Å². The number of carbonyl (C=O) groups excluding carboxylic acids is 1. The summed E-state index contributed by atoms with van der Waals surface area (Å²) in [5, 5.41) is 10.6. The molecule has 3 rings (SSSR count). The summed E-state index contributed by atoms with van der Waals surface area (Å²) < 4.78 is 0. The summed E-state index contributed by atoms with van der Waals surface area (Å²) in [5.74, 6) is -0.0982.